The van der Waals surface area contributed by atoms with E-state index in [0.29, 0.717) is 5.13 Å². The molecule has 2 aromatic rings. The molecule has 2 rings (SSSR count). The molecule has 2 N–H and O–H groups in total. The third-order valence-corrected chi connectivity index (χ3v) is 5.00. The van der Waals surface area contributed by atoms with Crippen LogP contribution in [0.5, 0.6) is 0 Å². The normalized spacial score (nSPS) is 12.1. The highest BCUT2D eigenvalue weighted by molar-refractivity contribution is 7.15. The fourth-order valence-corrected chi connectivity index (χ4v) is 3.44. The van der Waals surface area contributed by atoms with Gasteiger partial charge in [0.2, 0.25) is 5.13 Å². The molecule has 0 bridgehead atoms. The van der Waals surface area contributed by atoms with Gasteiger partial charge < -0.3 is 5.32 Å². The summed E-state index contributed by atoms with van der Waals surface area (Å²) in [6.07, 6.45) is 4.02. The zero-order valence-corrected chi connectivity index (χ0v) is 14.7. The highest BCUT2D eigenvalue weighted by Gasteiger charge is 2.14. The van der Waals surface area contributed by atoms with Crippen LogP contribution in [0.15, 0.2) is 5.38 Å². The number of rotatable bonds is 7. The van der Waals surface area contributed by atoms with Crippen molar-refractivity contribution in [1.82, 2.24) is 20.5 Å². The zero-order chi connectivity index (χ0) is 15.9. The quantitative estimate of drug-likeness (QED) is 0.804. The van der Waals surface area contributed by atoms with Crippen molar-refractivity contribution in [3.05, 3.63) is 21.1 Å². The maximum atomic E-state index is 12.0. The maximum Gasteiger partial charge on any atom is 0.321 e. The minimum atomic E-state index is -0.281. The molecule has 0 aliphatic rings. The predicted octanol–water partition coefficient (Wildman–Crippen LogP) is 3.78. The lowest BCUT2D eigenvalue weighted by Crippen LogP contribution is -2.31. The molecule has 0 fully saturated rings. The highest BCUT2D eigenvalue weighted by Crippen LogP contribution is 2.19. The Morgan fingerprint density at radius 3 is 2.82 bits per heavy atom. The summed E-state index contributed by atoms with van der Waals surface area (Å²) in [6.45, 7) is 6.12. The molecule has 2 aromatic heterocycles. The Labute approximate surface area is 138 Å². The van der Waals surface area contributed by atoms with Crippen molar-refractivity contribution in [1.29, 1.82) is 0 Å². The van der Waals surface area contributed by atoms with Crippen molar-refractivity contribution in [3.63, 3.8) is 0 Å². The number of aryl methyl sites for hydroxylation is 2. The number of carbonyl (C=O) groups is 1. The Morgan fingerprint density at radius 2 is 2.14 bits per heavy atom. The van der Waals surface area contributed by atoms with Gasteiger partial charge in [0.25, 0.3) is 0 Å². The average molecular weight is 339 g/mol. The summed E-state index contributed by atoms with van der Waals surface area (Å²) in [5.41, 5.74) is 0.887. The van der Waals surface area contributed by atoms with Crippen molar-refractivity contribution in [2.24, 2.45) is 0 Å². The van der Waals surface area contributed by atoms with Crippen LogP contribution >= 0.6 is 22.7 Å². The van der Waals surface area contributed by atoms with Gasteiger partial charge in [0.15, 0.2) is 0 Å². The lowest BCUT2D eigenvalue weighted by atomic mass is 10.3. The van der Waals surface area contributed by atoms with Gasteiger partial charge in [-0.25, -0.2) is 9.78 Å². The number of anilines is 1. The van der Waals surface area contributed by atoms with Crippen LogP contribution in [-0.2, 0) is 12.8 Å². The summed E-state index contributed by atoms with van der Waals surface area (Å²) in [5.74, 6) is 0. The first-order chi connectivity index (χ1) is 10.6. The van der Waals surface area contributed by atoms with Gasteiger partial charge in [-0.3, -0.25) is 5.32 Å². The number of aromatic nitrogens is 3. The second kappa shape index (κ2) is 8.19. The molecule has 22 heavy (non-hydrogen) atoms. The van der Waals surface area contributed by atoms with E-state index in [4.69, 9.17) is 0 Å². The van der Waals surface area contributed by atoms with E-state index in [1.807, 2.05) is 12.3 Å². The van der Waals surface area contributed by atoms with Crippen molar-refractivity contribution >= 4 is 33.8 Å². The smallest absolute Gasteiger partial charge is 0.321 e. The molecular formula is C14H21N5OS2. The lowest BCUT2D eigenvalue weighted by Gasteiger charge is -2.11. The first kappa shape index (κ1) is 16.8. The van der Waals surface area contributed by atoms with Gasteiger partial charge in [-0.2, -0.15) is 0 Å². The van der Waals surface area contributed by atoms with Crippen molar-refractivity contribution in [2.75, 3.05) is 5.32 Å². The molecule has 0 aromatic carbocycles. The van der Waals surface area contributed by atoms with Crippen LogP contribution in [0.3, 0.4) is 0 Å². The first-order valence-electron chi connectivity index (χ1n) is 7.46. The Hall–Kier alpha value is -1.54. The lowest BCUT2D eigenvalue weighted by molar-refractivity contribution is 0.249. The third-order valence-electron chi connectivity index (χ3n) is 3.09. The first-order valence-corrected chi connectivity index (χ1v) is 9.16. The molecule has 0 radical (unpaired) electrons. The van der Waals surface area contributed by atoms with E-state index >= 15 is 0 Å². The van der Waals surface area contributed by atoms with Crippen LogP contribution in [0.2, 0.25) is 0 Å². The minimum Gasteiger partial charge on any atom is -0.330 e. The Bertz CT molecular complexity index is 610. The second-order valence-corrected chi connectivity index (χ2v) is 6.95. The summed E-state index contributed by atoms with van der Waals surface area (Å²) >= 11 is 3.04. The van der Waals surface area contributed by atoms with Crippen molar-refractivity contribution < 1.29 is 4.79 Å². The summed E-state index contributed by atoms with van der Waals surface area (Å²) in [4.78, 5) is 16.5. The van der Waals surface area contributed by atoms with Gasteiger partial charge >= 0.3 is 6.03 Å². The Kier molecular flexibility index (Phi) is 6.26. The third kappa shape index (κ3) is 4.74. The van der Waals surface area contributed by atoms with Gasteiger partial charge in [-0.05, 0) is 19.8 Å². The molecule has 1 atom stereocenters. The number of urea groups is 1. The molecule has 120 valence electrons. The molecule has 8 heteroatoms. The van der Waals surface area contributed by atoms with Gasteiger partial charge in [-0.1, -0.05) is 31.6 Å². The fourth-order valence-electron chi connectivity index (χ4n) is 1.82. The summed E-state index contributed by atoms with van der Waals surface area (Å²) in [5, 5.41) is 18.2. The van der Waals surface area contributed by atoms with E-state index < -0.39 is 0 Å². The number of hydrogen-bond donors (Lipinski definition) is 2. The van der Waals surface area contributed by atoms with Crippen molar-refractivity contribution in [3.8, 4) is 0 Å². The Balaban J connectivity index is 1.85. The van der Waals surface area contributed by atoms with E-state index in [2.05, 4.69) is 39.7 Å². The molecule has 1 unspecified atom stereocenters. The van der Waals surface area contributed by atoms with Crippen LogP contribution in [0, 0.1) is 0 Å². The summed E-state index contributed by atoms with van der Waals surface area (Å²) < 4.78 is 0. The van der Waals surface area contributed by atoms with E-state index in [0.717, 1.165) is 41.4 Å². The van der Waals surface area contributed by atoms with Gasteiger partial charge in [0.1, 0.15) is 5.01 Å². The van der Waals surface area contributed by atoms with E-state index in [1.165, 1.54) is 11.3 Å². The average Bonchev–Trinajstić information content (AvgIpc) is 3.13. The maximum absolute atomic E-state index is 12.0. The molecule has 2 amide bonds. The summed E-state index contributed by atoms with van der Waals surface area (Å²) in [6, 6.07) is -0.416. The molecule has 6 nitrogen and oxygen atoms in total. The number of hydrogen-bond acceptors (Lipinski definition) is 6. The van der Waals surface area contributed by atoms with Crippen LogP contribution in [0.4, 0.5) is 9.93 Å². The minimum absolute atomic E-state index is 0.135. The molecule has 0 aliphatic carbocycles. The number of nitrogens with one attached hydrogen (secondary N) is 2. The molecule has 0 saturated carbocycles. The highest BCUT2D eigenvalue weighted by atomic mass is 32.1. The number of carbonyl (C=O) groups excluding carboxylic acids is 1. The van der Waals surface area contributed by atoms with E-state index in [-0.39, 0.29) is 12.1 Å². The predicted molar refractivity (Wildman–Crippen MR) is 90.6 cm³/mol. The zero-order valence-electron chi connectivity index (χ0n) is 13.0. The SMILES string of the molecule is CCCCc1nnc(NC(=O)NC(C)c2csc(CC)n2)s1. The van der Waals surface area contributed by atoms with Crippen LogP contribution in [0.1, 0.15) is 55.4 Å². The van der Waals surface area contributed by atoms with Crippen LogP contribution < -0.4 is 10.6 Å². The molecular weight excluding hydrogens is 318 g/mol. The molecule has 2 heterocycles. The van der Waals surface area contributed by atoms with E-state index in [9.17, 15) is 4.79 Å². The number of thiazole rings is 1. The number of nitrogens with zero attached hydrogens (tertiary/aromatic N) is 3. The van der Waals surface area contributed by atoms with Gasteiger partial charge in [0, 0.05) is 11.8 Å². The molecule has 0 spiro atoms. The number of amides is 2. The largest absolute Gasteiger partial charge is 0.330 e. The van der Waals surface area contributed by atoms with Gasteiger partial charge in [0.05, 0.1) is 16.7 Å². The monoisotopic (exact) mass is 339 g/mol. The van der Waals surface area contributed by atoms with Crippen LogP contribution in [-0.4, -0.2) is 21.2 Å². The fraction of sp³-hybridized carbons (Fsp3) is 0.571. The van der Waals surface area contributed by atoms with Gasteiger partial charge in [-0.15, -0.1) is 21.5 Å². The van der Waals surface area contributed by atoms with E-state index in [1.54, 1.807) is 11.3 Å². The summed E-state index contributed by atoms with van der Waals surface area (Å²) in [7, 11) is 0. The molecule has 0 saturated heterocycles. The van der Waals surface area contributed by atoms with Crippen molar-refractivity contribution in [2.45, 2.75) is 52.5 Å². The Morgan fingerprint density at radius 1 is 1.32 bits per heavy atom. The standard InChI is InChI=1S/C14H21N5OS2/c1-4-6-7-12-18-19-14(22-12)17-13(20)15-9(3)10-8-21-11(5-2)16-10/h8-9H,4-7H2,1-3H3,(H2,15,17,19,20). The topological polar surface area (TPSA) is 79.8 Å². The van der Waals surface area contributed by atoms with Crippen LogP contribution in [0.25, 0.3) is 0 Å². The second-order valence-electron chi connectivity index (χ2n) is 4.94. The number of unbranched alkanes of at least 4 members (excludes halogenated alkanes) is 1. The molecule has 0 aliphatic heterocycles.